The first-order valence-corrected chi connectivity index (χ1v) is 8.36. The Morgan fingerprint density at radius 2 is 1.69 bits per heavy atom. The maximum Gasteiger partial charge on any atom is 0.281 e. The summed E-state index contributed by atoms with van der Waals surface area (Å²) in [6.45, 7) is 1.67. The van der Waals surface area contributed by atoms with E-state index in [1.54, 1.807) is 6.92 Å². The molecule has 8 heteroatoms. The molecule has 2 amide bonds. The number of amides is 2. The van der Waals surface area contributed by atoms with Crippen LogP contribution >= 0.6 is 11.3 Å². The van der Waals surface area contributed by atoms with Crippen molar-refractivity contribution in [2.75, 3.05) is 0 Å². The average molecular weight is 373 g/mol. The van der Waals surface area contributed by atoms with Crippen molar-refractivity contribution in [3.8, 4) is 10.6 Å². The molecule has 0 saturated carbocycles. The van der Waals surface area contributed by atoms with Crippen molar-refractivity contribution in [3.05, 3.63) is 76.3 Å². The van der Waals surface area contributed by atoms with E-state index in [4.69, 9.17) is 0 Å². The molecule has 0 aliphatic carbocycles. The summed E-state index contributed by atoms with van der Waals surface area (Å²) < 4.78 is 26.7. The van der Waals surface area contributed by atoms with E-state index in [1.807, 2.05) is 30.3 Å². The molecule has 26 heavy (non-hydrogen) atoms. The molecule has 0 aliphatic rings. The van der Waals surface area contributed by atoms with E-state index in [0.29, 0.717) is 15.6 Å². The Morgan fingerprint density at radius 3 is 2.42 bits per heavy atom. The molecule has 0 saturated heterocycles. The second-order valence-corrected chi connectivity index (χ2v) is 6.33. The van der Waals surface area contributed by atoms with Crippen LogP contribution in [-0.4, -0.2) is 16.8 Å². The van der Waals surface area contributed by atoms with E-state index in [9.17, 15) is 18.4 Å². The number of halogens is 2. The van der Waals surface area contributed by atoms with E-state index < -0.39 is 29.0 Å². The quantitative estimate of drug-likeness (QED) is 0.691. The van der Waals surface area contributed by atoms with Gasteiger partial charge in [0.25, 0.3) is 11.8 Å². The summed E-state index contributed by atoms with van der Waals surface area (Å²) in [7, 11) is 0. The fourth-order valence-electron chi connectivity index (χ4n) is 2.22. The molecule has 0 unspecified atom stereocenters. The second kappa shape index (κ2) is 7.40. The van der Waals surface area contributed by atoms with Crippen molar-refractivity contribution < 1.29 is 18.4 Å². The SMILES string of the molecule is Cc1nc(-c2ccccc2)sc1C(=O)NNC(=O)c1cc(F)ccc1F. The highest BCUT2D eigenvalue weighted by molar-refractivity contribution is 7.17. The van der Waals surface area contributed by atoms with Gasteiger partial charge in [0.05, 0.1) is 11.3 Å². The normalized spacial score (nSPS) is 10.4. The third kappa shape index (κ3) is 3.75. The van der Waals surface area contributed by atoms with Crippen molar-refractivity contribution in [3.63, 3.8) is 0 Å². The largest absolute Gasteiger partial charge is 0.281 e. The van der Waals surface area contributed by atoms with Crippen molar-refractivity contribution in [1.29, 1.82) is 0 Å². The molecule has 0 fully saturated rings. The van der Waals surface area contributed by atoms with Crippen LogP contribution in [0.1, 0.15) is 25.7 Å². The lowest BCUT2D eigenvalue weighted by Crippen LogP contribution is -2.41. The van der Waals surface area contributed by atoms with Crippen LogP contribution in [0, 0.1) is 18.6 Å². The van der Waals surface area contributed by atoms with Gasteiger partial charge in [-0.05, 0) is 25.1 Å². The monoisotopic (exact) mass is 373 g/mol. The topological polar surface area (TPSA) is 71.1 Å². The highest BCUT2D eigenvalue weighted by Gasteiger charge is 2.18. The number of nitrogens with one attached hydrogen (secondary N) is 2. The zero-order chi connectivity index (χ0) is 18.7. The number of hydrogen-bond donors (Lipinski definition) is 2. The molecule has 132 valence electrons. The fourth-order valence-corrected chi connectivity index (χ4v) is 3.19. The lowest BCUT2D eigenvalue weighted by atomic mass is 10.2. The van der Waals surface area contributed by atoms with Crippen LogP contribution in [0.4, 0.5) is 8.78 Å². The van der Waals surface area contributed by atoms with E-state index in [-0.39, 0.29) is 0 Å². The van der Waals surface area contributed by atoms with Gasteiger partial charge < -0.3 is 0 Å². The number of rotatable bonds is 3. The molecule has 0 aliphatic heterocycles. The van der Waals surface area contributed by atoms with E-state index in [0.717, 1.165) is 23.8 Å². The lowest BCUT2D eigenvalue weighted by molar-refractivity contribution is 0.0845. The molecule has 0 bridgehead atoms. The zero-order valence-corrected chi connectivity index (χ0v) is 14.4. The number of carbonyl (C=O) groups excluding carboxylic acids is 2. The first-order chi connectivity index (χ1) is 12.5. The Bertz CT molecular complexity index is 974. The van der Waals surface area contributed by atoms with Gasteiger partial charge in [0, 0.05) is 5.56 Å². The number of aryl methyl sites for hydroxylation is 1. The Labute approximate surface area is 151 Å². The van der Waals surface area contributed by atoms with Gasteiger partial charge in [-0.25, -0.2) is 13.8 Å². The number of aromatic nitrogens is 1. The maximum absolute atomic E-state index is 13.6. The molecule has 3 rings (SSSR count). The minimum Gasteiger partial charge on any atom is -0.267 e. The highest BCUT2D eigenvalue weighted by atomic mass is 32.1. The number of hydrazine groups is 1. The van der Waals surface area contributed by atoms with E-state index in [2.05, 4.69) is 15.8 Å². The molecule has 3 aromatic rings. The van der Waals surface area contributed by atoms with Crippen molar-refractivity contribution in [2.45, 2.75) is 6.92 Å². The minimum atomic E-state index is -0.958. The summed E-state index contributed by atoms with van der Waals surface area (Å²) in [5.41, 5.74) is 5.13. The van der Waals surface area contributed by atoms with Crippen molar-refractivity contribution >= 4 is 23.2 Å². The molecule has 1 heterocycles. The van der Waals surface area contributed by atoms with Gasteiger partial charge in [0.15, 0.2) is 0 Å². The molecule has 1 aromatic heterocycles. The molecule has 0 radical (unpaired) electrons. The Hall–Kier alpha value is -3.13. The van der Waals surface area contributed by atoms with Gasteiger partial charge in [-0.15, -0.1) is 11.3 Å². The van der Waals surface area contributed by atoms with Crippen molar-refractivity contribution in [1.82, 2.24) is 15.8 Å². The van der Waals surface area contributed by atoms with Crippen LogP contribution in [0.2, 0.25) is 0 Å². The van der Waals surface area contributed by atoms with Gasteiger partial charge in [-0.3, -0.25) is 20.4 Å². The average Bonchev–Trinajstić information content (AvgIpc) is 3.04. The molecule has 0 spiro atoms. The van der Waals surface area contributed by atoms with Crippen LogP contribution in [0.15, 0.2) is 48.5 Å². The number of thiazole rings is 1. The predicted molar refractivity (Wildman–Crippen MR) is 93.6 cm³/mol. The molecule has 0 atom stereocenters. The summed E-state index contributed by atoms with van der Waals surface area (Å²) in [5.74, 6) is -3.19. The molecule has 5 nitrogen and oxygen atoms in total. The minimum absolute atomic E-state index is 0.309. The first-order valence-electron chi connectivity index (χ1n) is 7.54. The Kier molecular flexibility index (Phi) is 5.04. The van der Waals surface area contributed by atoms with Crippen LogP contribution in [-0.2, 0) is 0 Å². The standard InChI is InChI=1S/C18H13F2N3O2S/c1-10-15(26-18(21-10)11-5-3-2-4-6-11)17(25)23-22-16(24)13-9-12(19)7-8-14(13)20/h2-9H,1H3,(H,22,24)(H,23,25). The van der Waals surface area contributed by atoms with Crippen LogP contribution in [0.3, 0.4) is 0 Å². The smallest absolute Gasteiger partial charge is 0.267 e. The molecule has 2 N–H and O–H groups in total. The summed E-state index contributed by atoms with van der Waals surface area (Å²) in [6, 6.07) is 11.8. The summed E-state index contributed by atoms with van der Waals surface area (Å²) >= 11 is 1.17. The number of benzene rings is 2. The third-order valence-electron chi connectivity index (χ3n) is 3.49. The van der Waals surface area contributed by atoms with Gasteiger partial charge >= 0.3 is 0 Å². The highest BCUT2D eigenvalue weighted by Crippen LogP contribution is 2.27. The van der Waals surface area contributed by atoms with Gasteiger partial charge in [-0.2, -0.15) is 0 Å². The molecular weight excluding hydrogens is 360 g/mol. The predicted octanol–water partition coefficient (Wildman–Crippen LogP) is 3.47. The van der Waals surface area contributed by atoms with E-state index in [1.165, 1.54) is 11.3 Å². The van der Waals surface area contributed by atoms with Crippen LogP contribution in [0.25, 0.3) is 10.6 Å². The fraction of sp³-hybridized carbons (Fsp3) is 0.0556. The maximum atomic E-state index is 13.6. The van der Waals surface area contributed by atoms with Gasteiger partial charge in [0.1, 0.15) is 21.5 Å². The zero-order valence-electron chi connectivity index (χ0n) is 13.5. The number of nitrogens with zero attached hydrogens (tertiary/aromatic N) is 1. The first kappa shape index (κ1) is 17.7. The van der Waals surface area contributed by atoms with Crippen molar-refractivity contribution in [2.24, 2.45) is 0 Å². The number of carbonyl (C=O) groups is 2. The molecule has 2 aromatic carbocycles. The van der Waals surface area contributed by atoms with Gasteiger partial charge in [0.2, 0.25) is 0 Å². The second-order valence-electron chi connectivity index (χ2n) is 5.33. The summed E-state index contributed by atoms with van der Waals surface area (Å²) in [5, 5.41) is 0.663. The molecular formula is C18H13F2N3O2S. The lowest BCUT2D eigenvalue weighted by Gasteiger charge is -2.07. The third-order valence-corrected chi connectivity index (χ3v) is 4.69. The Morgan fingerprint density at radius 1 is 1.00 bits per heavy atom. The van der Waals surface area contributed by atoms with E-state index >= 15 is 0 Å². The van der Waals surface area contributed by atoms with Gasteiger partial charge in [-0.1, -0.05) is 30.3 Å². The number of hydrogen-bond acceptors (Lipinski definition) is 4. The summed E-state index contributed by atoms with van der Waals surface area (Å²) in [6.07, 6.45) is 0. The summed E-state index contributed by atoms with van der Waals surface area (Å²) in [4.78, 5) is 28.9. The van der Waals surface area contributed by atoms with Crippen LogP contribution < -0.4 is 10.9 Å². The van der Waals surface area contributed by atoms with Crippen LogP contribution in [0.5, 0.6) is 0 Å². The Balaban J connectivity index is 1.72.